The zero-order valence-corrected chi connectivity index (χ0v) is 13.9. The molecule has 3 atom stereocenters. The van der Waals surface area contributed by atoms with Gasteiger partial charge in [-0.25, -0.2) is 9.78 Å². The average molecular weight is 298 g/mol. The van der Waals surface area contributed by atoms with Gasteiger partial charge in [0.05, 0.1) is 6.42 Å². The van der Waals surface area contributed by atoms with Gasteiger partial charge < -0.3 is 5.11 Å². The summed E-state index contributed by atoms with van der Waals surface area (Å²) in [6.45, 7) is 8.58. The quantitative estimate of drug-likeness (QED) is 0.503. The van der Waals surface area contributed by atoms with Gasteiger partial charge in [0.2, 0.25) is 0 Å². The van der Waals surface area contributed by atoms with Crippen LogP contribution in [0.5, 0.6) is 0 Å². The molecule has 0 saturated heterocycles. The lowest BCUT2D eigenvalue weighted by Crippen LogP contribution is -2.40. The number of hydrogen-bond donors (Lipinski definition) is 1. The molecule has 0 spiro atoms. The van der Waals surface area contributed by atoms with Crippen LogP contribution < -0.4 is 0 Å². The Bertz CT molecular complexity index is 364. The van der Waals surface area contributed by atoms with Crippen LogP contribution in [0.25, 0.3) is 0 Å². The molecule has 0 aliphatic carbocycles. The van der Waals surface area contributed by atoms with Crippen LogP contribution in [0.2, 0.25) is 0 Å². The molecule has 0 aromatic carbocycles. The summed E-state index contributed by atoms with van der Waals surface area (Å²) in [5.41, 5.74) is 0.654. The van der Waals surface area contributed by atoms with Crippen LogP contribution in [0, 0.1) is 5.92 Å². The van der Waals surface area contributed by atoms with E-state index < -0.39 is 17.7 Å². The topological polar surface area (TPSA) is 55.8 Å². The summed E-state index contributed by atoms with van der Waals surface area (Å²) >= 11 is 0. The maximum atomic E-state index is 10.9. The van der Waals surface area contributed by atoms with E-state index in [0.29, 0.717) is 5.92 Å². The fourth-order valence-corrected chi connectivity index (χ4v) is 2.97. The second kappa shape index (κ2) is 8.54. The molecule has 0 radical (unpaired) electrons. The minimum Gasteiger partial charge on any atom is -0.481 e. The number of carboxylic acid groups (broad SMARTS) is 1. The Hall–Kier alpha value is -0.870. The molecule has 0 amide bonds. The average Bonchev–Trinajstić information content (AvgIpc) is 2.46. The van der Waals surface area contributed by atoms with Crippen molar-refractivity contribution in [1.82, 2.24) is 0 Å². The van der Waals surface area contributed by atoms with Crippen LogP contribution >= 0.6 is 0 Å². The van der Waals surface area contributed by atoms with Crippen LogP contribution in [0.15, 0.2) is 11.6 Å². The lowest BCUT2D eigenvalue weighted by molar-refractivity contribution is -0.378. The van der Waals surface area contributed by atoms with Crippen molar-refractivity contribution >= 4 is 5.97 Å². The van der Waals surface area contributed by atoms with Gasteiger partial charge in [0.1, 0.15) is 11.7 Å². The highest BCUT2D eigenvalue weighted by molar-refractivity contribution is 5.68. The molecular formula is C17H30O4. The first-order valence-electron chi connectivity index (χ1n) is 8.24. The smallest absolute Gasteiger partial charge is 0.306 e. The zero-order chi connectivity index (χ0) is 15.9. The van der Waals surface area contributed by atoms with Crippen LogP contribution in [-0.4, -0.2) is 22.8 Å². The SMILES string of the molecule is CCCCC(C)CC1(CC)C=C(CC)C(CC(=O)O)OO1. The van der Waals surface area contributed by atoms with Gasteiger partial charge in [0.25, 0.3) is 0 Å². The molecule has 0 fully saturated rings. The predicted octanol–water partition coefficient (Wildman–Crippen LogP) is 4.49. The molecule has 0 bridgehead atoms. The van der Waals surface area contributed by atoms with Crippen molar-refractivity contribution < 1.29 is 19.7 Å². The summed E-state index contributed by atoms with van der Waals surface area (Å²) in [5.74, 6) is -0.290. The van der Waals surface area contributed by atoms with E-state index in [4.69, 9.17) is 14.9 Å². The van der Waals surface area contributed by atoms with Crippen LogP contribution in [0.3, 0.4) is 0 Å². The summed E-state index contributed by atoms with van der Waals surface area (Å²) in [6, 6.07) is 0. The zero-order valence-electron chi connectivity index (χ0n) is 13.9. The first-order chi connectivity index (χ1) is 9.96. The lowest BCUT2D eigenvalue weighted by Gasteiger charge is -2.38. The van der Waals surface area contributed by atoms with E-state index in [1.165, 1.54) is 19.3 Å². The van der Waals surface area contributed by atoms with Crippen molar-refractivity contribution in [3.05, 3.63) is 11.6 Å². The third-order valence-corrected chi connectivity index (χ3v) is 4.30. The van der Waals surface area contributed by atoms with Crippen molar-refractivity contribution in [3.63, 3.8) is 0 Å². The van der Waals surface area contributed by atoms with Gasteiger partial charge in [-0.15, -0.1) is 0 Å². The Labute approximate surface area is 128 Å². The molecule has 1 aliphatic rings. The number of carboxylic acids is 1. The van der Waals surface area contributed by atoms with E-state index in [2.05, 4.69) is 26.8 Å². The third kappa shape index (κ3) is 5.44. The summed E-state index contributed by atoms with van der Waals surface area (Å²) in [7, 11) is 0. The molecule has 1 rings (SSSR count). The van der Waals surface area contributed by atoms with E-state index >= 15 is 0 Å². The number of unbranched alkanes of at least 4 members (excludes halogenated alkanes) is 1. The van der Waals surface area contributed by atoms with Crippen molar-refractivity contribution in [1.29, 1.82) is 0 Å². The van der Waals surface area contributed by atoms with Crippen LogP contribution in [-0.2, 0) is 14.6 Å². The normalized spacial score (nSPS) is 27.2. The first-order valence-corrected chi connectivity index (χ1v) is 8.24. The van der Waals surface area contributed by atoms with Gasteiger partial charge in [0.15, 0.2) is 0 Å². The second-order valence-corrected chi connectivity index (χ2v) is 6.21. The molecule has 21 heavy (non-hydrogen) atoms. The van der Waals surface area contributed by atoms with Crippen LogP contribution in [0.4, 0.5) is 0 Å². The van der Waals surface area contributed by atoms with Crippen LogP contribution in [0.1, 0.15) is 72.6 Å². The highest BCUT2D eigenvalue weighted by Gasteiger charge is 2.37. The highest BCUT2D eigenvalue weighted by Crippen LogP contribution is 2.36. The molecule has 4 nitrogen and oxygen atoms in total. The van der Waals surface area contributed by atoms with E-state index in [-0.39, 0.29) is 6.42 Å². The summed E-state index contributed by atoms with van der Waals surface area (Å²) in [6.07, 6.45) is 7.84. The predicted molar refractivity (Wildman–Crippen MR) is 82.9 cm³/mol. The molecule has 1 N–H and O–H groups in total. The Morgan fingerprint density at radius 2 is 2.14 bits per heavy atom. The van der Waals surface area contributed by atoms with Gasteiger partial charge >= 0.3 is 5.97 Å². The first kappa shape index (κ1) is 18.2. The molecule has 4 heteroatoms. The molecule has 3 unspecified atom stereocenters. The molecule has 0 aromatic heterocycles. The second-order valence-electron chi connectivity index (χ2n) is 6.21. The van der Waals surface area contributed by atoms with Gasteiger partial charge in [-0.05, 0) is 36.8 Å². The summed E-state index contributed by atoms with van der Waals surface area (Å²) < 4.78 is 0. The van der Waals surface area contributed by atoms with E-state index in [1.54, 1.807) is 0 Å². The van der Waals surface area contributed by atoms with Crippen molar-refractivity contribution in [3.8, 4) is 0 Å². The Morgan fingerprint density at radius 3 is 2.67 bits per heavy atom. The molecule has 122 valence electrons. The largest absolute Gasteiger partial charge is 0.481 e. The number of aliphatic carboxylic acids is 1. The Balaban J connectivity index is 2.80. The van der Waals surface area contributed by atoms with Gasteiger partial charge in [-0.1, -0.05) is 47.0 Å². The standard InChI is InChI=1S/C17H30O4/c1-5-8-9-13(4)11-17(7-3)12-14(6-2)15(20-21-17)10-16(18)19/h12-13,15H,5-11H2,1-4H3,(H,18,19). The van der Waals surface area contributed by atoms with Gasteiger partial charge in [0, 0.05) is 0 Å². The van der Waals surface area contributed by atoms with Gasteiger partial charge in [-0.2, -0.15) is 0 Å². The molecule has 1 heterocycles. The van der Waals surface area contributed by atoms with E-state index in [1.807, 2.05) is 6.92 Å². The lowest BCUT2D eigenvalue weighted by atomic mass is 9.83. The third-order valence-electron chi connectivity index (χ3n) is 4.30. The fourth-order valence-electron chi connectivity index (χ4n) is 2.97. The molecular weight excluding hydrogens is 268 g/mol. The molecule has 0 aromatic rings. The van der Waals surface area contributed by atoms with Crippen molar-refractivity contribution in [2.24, 2.45) is 5.92 Å². The fraction of sp³-hybridized carbons (Fsp3) is 0.824. The minimum atomic E-state index is -0.858. The van der Waals surface area contributed by atoms with Gasteiger partial charge in [-0.3, -0.25) is 4.79 Å². The molecule has 1 aliphatic heterocycles. The number of rotatable bonds is 9. The van der Waals surface area contributed by atoms with E-state index in [0.717, 1.165) is 24.8 Å². The van der Waals surface area contributed by atoms with E-state index in [9.17, 15) is 4.79 Å². The minimum absolute atomic E-state index is 0.0368. The summed E-state index contributed by atoms with van der Waals surface area (Å²) in [5, 5.41) is 8.95. The maximum absolute atomic E-state index is 10.9. The summed E-state index contributed by atoms with van der Waals surface area (Å²) in [4.78, 5) is 22.0. The number of hydrogen-bond acceptors (Lipinski definition) is 3. The Morgan fingerprint density at radius 1 is 1.43 bits per heavy atom. The highest BCUT2D eigenvalue weighted by atomic mass is 17.2. The van der Waals surface area contributed by atoms with Crippen molar-refractivity contribution in [2.45, 2.75) is 84.3 Å². The van der Waals surface area contributed by atoms with Crippen molar-refractivity contribution in [2.75, 3.05) is 0 Å². The number of carbonyl (C=O) groups is 1. The Kier molecular flexibility index (Phi) is 7.40. The monoisotopic (exact) mass is 298 g/mol. The maximum Gasteiger partial charge on any atom is 0.306 e. The molecule has 0 saturated carbocycles.